The summed E-state index contributed by atoms with van der Waals surface area (Å²) < 4.78 is 15.3. The molecule has 2 aromatic carbocycles. The molecule has 160 valence electrons. The Morgan fingerprint density at radius 3 is 2.62 bits per heavy atom. The number of thioether (sulfide) groups is 1. The normalized spacial score (nSPS) is 11.3. The summed E-state index contributed by atoms with van der Waals surface area (Å²) in [4.78, 5) is 20.8. The van der Waals surface area contributed by atoms with Gasteiger partial charge in [-0.05, 0) is 18.2 Å². The lowest BCUT2D eigenvalue weighted by Gasteiger charge is -2.05. The Morgan fingerprint density at radius 1 is 1.09 bits per heavy atom. The molecule has 0 amide bonds. The average molecular weight is 485 g/mol. The van der Waals surface area contributed by atoms with Gasteiger partial charge >= 0.3 is 0 Å². The third-order valence-corrected chi connectivity index (χ3v) is 6.93. The van der Waals surface area contributed by atoms with Gasteiger partial charge in [-0.3, -0.25) is 4.79 Å². The fourth-order valence-electron chi connectivity index (χ4n) is 3.27. The van der Waals surface area contributed by atoms with E-state index in [1.807, 2.05) is 23.6 Å². The van der Waals surface area contributed by atoms with E-state index in [1.54, 1.807) is 24.3 Å². The molecule has 7 nitrogen and oxygen atoms in total. The zero-order valence-electron chi connectivity index (χ0n) is 16.3. The predicted octanol–water partition coefficient (Wildman–Crippen LogP) is 4.71. The van der Waals surface area contributed by atoms with Crippen LogP contribution in [0.1, 0.15) is 5.82 Å². The Balaban J connectivity index is 1.42. The van der Waals surface area contributed by atoms with Crippen LogP contribution >= 0.6 is 34.7 Å². The second-order valence-electron chi connectivity index (χ2n) is 6.77. The topological polar surface area (TPSA) is 102 Å². The molecule has 0 saturated carbocycles. The van der Waals surface area contributed by atoms with Crippen LogP contribution in [-0.2, 0) is 5.75 Å². The molecular formula is C21H14ClFN6OS2. The first kappa shape index (κ1) is 20.7. The second-order valence-corrected chi connectivity index (χ2v) is 8.97. The highest BCUT2D eigenvalue weighted by molar-refractivity contribution is 7.98. The Hall–Kier alpha value is -3.21. The quantitative estimate of drug-likeness (QED) is 0.276. The standard InChI is InChI=1S/C21H14ClFN6OS2/c22-14-7-3-1-5-11(14)13-9-31-20-17(13)19(30)25-16(26-20)10-32-21-28-27-18(29(21)24)12-6-2-4-8-15(12)23/h1-9H,10,24H2,(H,25,26,30). The summed E-state index contributed by atoms with van der Waals surface area (Å²) in [5.41, 5.74) is 1.54. The van der Waals surface area contributed by atoms with Gasteiger partial charge in [0.05, 0.1) is 16.7 Å². The van der Waals surface area contributed by atoms with Crippen molar-refractivity contribution in [2.45, 2.75) is 10.9 Å². The summed E-state index contributed by atoms with van der Waals surface area (Å²) in [6, 6.07) is 13.6. The van der Waals surface area contributed by atoms with Gasteiger partial charge in [-0.2, -0.15) is 0 Å². The van der Waals surface area contributed by atoms with E-state index >= 15 is 0 Å². The summed E-state index contributed by atoms with van der Waals surface area (Å²) in [5, 5.41) is 11.4. The molecule has 0 unspecified atom stereocenters. The third-order valence-electron chi connectivity index (χ3n) is 4.77. The summed E-state index contributed by atoms with van der Waals surface area (Å²) in [6.45, 7) is 0. The first-order chi connectivity index (χ1) is 15.5. The number of H-pyrrole nitrogens is 1. The van der Waals surface area contributed by atoms with Crippen LogP contribution in [0.15, 0.2) is 63.9 Å². The summed E-state index contributed by atoms with van der Waals surface area (Å²) >= 11 is 8.92. The van der Waals surface area contributed by atoms with Crippen molar-refractivity contribution in [1.29, 1.82) is 0 Å². The number of nitrogen functional groups attached to an aromatic ring is 1. The van der Waals surface area contributed by atoms with Gasteiger partial charge in [0.2, 0.25) is 5.16 Å². The maximum Gasteiger partial charge on any atom is 0.260 e. The second kappa shape index (κ2) is 8.38. The fraction of sp³-hybridized carbons (Fsp3) is 0.0476. The summed E-state index contributed by atoms with van der Waals surface area (Å²) in [5.74, 6) is 6.62. The van der Waals surface area contributed by atoms with Gasteiger partial charge < -0.3 is 10.8 Å². The number of aromatic nitrogens is 5. The summed E-state index contributed by atoms with van der Waals surface area (Å²) in [6.07, 6.45) is 0. The molecule has 0 aliphatic rings. The van der Waals surface area contributed by atoms with Crippen molar-refractivity contribution in [3.8, 4) is 22.5 Å². The highest BCUT2D eigenvalue weighted by Crippen LogP contribution is 2.35. The first-order valence-electron chi connectivity index (χ1n) is 9.36. The lowest BCUT2D eigenvalue weighted by atomic mass is 10.1. The molecule has 0 spiro atoms. The maximum absolute atomic E-state index is 14.1. The van der Waals surface area contributed by atoms with Gasteiger partial charge in [-0.15, -0.1) is 21.5 Å². The van der Waals surface area contributed by atoms with Crippen molar-refractivity contribution >= 4 is 44.9 Å². The van der Waals surface area contributed by atoms with Gasteiger partial charge in [0, 0.05) is 21.5 Å². The maximum atomic E-state index is 14.1. The van der Waals surface area contributed by atoms with Crippen LogP contribution in [0.3, 0.4) is 0 Å². The molecule has 5 rings (SSSR count). The zero-order chi connectivity index (χ0) is 22.2. The third kappa shape index (κ3) is 3.66. The Kier molecular flexibility index (Phi) is 5.41. The van der Waals surface area contributed by atoms with Crippen molar-refractivity contribution in [1.82, 2.24) is 24.8 Å². The van der Waals surface area contributed by atoms with Crippen LogP contribution in [-0.4, -0.2) is 24.8 Å². The van der Waals surface area contributed by atoms with Crippen molar-refractivity contribution < 1.29 is 4.39 Å². The van der Waals surface area contributed by atoms with Gasteiger partial charge in [-0.25, -0.2) is 14.1 Å². The van der Waals surface area contributed by atoms with E-state index in [0.717, 1.165) is 11.1 Å². The van der Waals surface area contributed by atoms with Crippen LogP contribution in [0, 0.1) is 5.82 Å². The van der Waals surface area contributed by atoms with Gasteiger partial charge in [-0.1, -0.05) is 53.7 Å². The van der Waals surface area contributed by atoms with E-state index in [1.165, 1.54) is 33.8 Å². The van der Waals surface area contributed by atoms with Crippen LogP contribution in [0.25, 0.3) is 32.7 Å². The number of hydrogen-bond acceptors (Lipinski definition) is 7. The molecule has 3 N–H and O–H groups in total. The van der Waals surface area contributed by atoms with E-state index in [4.69, 9.17) is 17.4 Å². The van der Waals surface area contributed by atoms with Crippen molar-refractivity contribution in [3.63, 3.8) is 0 Å². The molecule has 3 heterocycles. The number of thiophene rings is 1. The number of fused-ring (bicyclic) bond motifs is 1. The van der Waals surface area contributed by atoms with E-state index in [9.17, 15) is 9.18 Å². The van der Waals surface area contributed by atoms with Crippen LogP contribution < -0.4 is 11.4 Å². The molecular weight excluding hydrogens is 471 g/mol. The molecule has 0 aliphatic heterocycles. The molecule has 0 bridgehead atoms. The van der Waals surface area contributed by atoms with E-state index in [0.29, 0.717) is 32.0 Å². The lowest BCUT2D eigenvalue weighted by Crippen LogP contribution is -2.13. The molecule has 0 saturated heterocycles. The number of nitrogens with two attached hydrogens (primary N) is 1. The molecule has 0 atom stereocenters. The number of benzene rings is 2. The van der Waals surface area contributed by atoms with E-state index in [-0.39, 0.29) is 16.9 Å². The molecule has 0 radical (unpaired) electrons. The van der Waals surface area contributed by atoms with E-state index < -0.39 is 5.82 Å². The number of hydrogen-bond donors (Lipinski definition) is 2. The fourth-order valence-corrected chi connectivity index (χ4v) is 5.20. The molecule has 5 aromatic rings. The lowest BCUT2D eigenvalue weighted by molar-refractivity contribution is 0.629. The first-order valence-corrected chi connectivity index (χ1v) is 11.6. The average Bonchev–Trinajstić information content (AvgIpc) is 3.37. The minimum absolute atomic E-state index is 0.213. The Bertz CT molecular complexity index is 1510. The summed E-state index contributed by atoms with van der Waals surface area (Å²) in [7, 11) is 0. The highest BCUT2D eigenvalue weighted by Gasteiger charge is 2.17. The Labute approximate surface area is 194 Å². The SMILES string of the molecule is Nn1c(SCc2nc3scc(-c4ccccc4Cl)c3c(=O)[nH]2)nnc1-c1ccccc1F. The largest absolute Gasteiger partial charge is 0.335 e. The predicted molar refractivity (Wildman–Crippen MR) is 126 cm³/mol. The number of rotatable bonds is 5. The molecule has 3 aromatic heterocycles. The minimum atomic E-state index is -0.438. The van der Waals surface area contributed by atoms with Crippen molar-refractivity contribution in [2.75, 3.05) is 5.84 Å². The van der Waals surface area contributed by atoms with E-state index in [2.05, 4.69) is 20.2 Å². The zero-order valence-corrected chi connectivity index (χ0v) is 18.6. The van der Waals surface area contributed by atoms with Crippen molar-refractivity contribution in [3.05, 3.63) is 80.9 Å². The molecule has 32 heavy (non-hydrogen) atoms. The minimum Gasteiger partial charge on any atom is -0.335 e. The number of aromatic amines is 1. The number of nitrogens with one attached hydrogen (secondary N) is 1. The Morgan fingerprint density at radius 2 is 1.84 bits per heavy atom. The monoisotopic (exact) mass is 484 g/mol. The van der Waals surface area contributed by atoms with Gasteiger partial charge in [0.25, 0.3) is 5.56 Å². The van der Waals surface area contributed by atoms with Crippen LogP contribution in [0.5, 0.6) is 0 Å². The van der Waals surface area contributed by atoms with Crippen LogP contribution in [0.4, 0.5) is 4.39 Å². The number of halogens is 2. The molecule has 0 aliphatic carbocycles. The molecule has 0 fully saturated rings. The van der Waals surface area contributed by atoms with Gasteiger partial charge in [0.1, 0.15) is 16.5 Å². The molecule has 11 heteroatoms. The smallest absolute Gasteiger partial charge is 0.260 e. The van der Waals surface area contributed by atoms with Crippen LogP contribution in [0.2, 0.25) is 5.02 Å². The highest BCUT2D eigenvalue weighted by atomic mass is 35.5. The van der Waals surface area contributed by atoms with Gasteiger partial charge in [0.15, 0.2) is 5.82 Å². The van der Waals surface area contributed by atoms with Crippen molar-refractivity contribution in [2.24, 2.45) is 0 Å². The number of nitrogens with zero attached hydrogens (tertiary/aromatic N) is 4.